The molecular weight excluding hydrogens is 358 g/mol. The number of rotatable bonds is 9. The number of hydrogen-bond donors (Lipinski definition) is 1. The molecule has 0 saturated heterocycles. The number of methoxy groups -OCH3 is 1. The van der Waals surface area contributed by atoms with Gasteiger partial charge < -0.3 is 19.5 Å². The Morgan fingerprint density at radius 3 is 2.32 bits per heavy atom. The molecule has 0 heterocycles. The molecule has 0 radical (unpaired) electrons. The van der Waals surface area contributed by atoms with Gasteiger partial charge in [-0.05, 0) is 36.6 Å². The summed E-state index contributed by atoms with van der Waals surface area (Å²) in [6.45, 7) is 5.75. The standard InChI is InChI=1S/C22H27NO5/c1-15(2)17-9-11-19(12-10-17)27-14-21(24)28-16(3)22(25)23-13-18-7-5-6-8-20(18)26-4/h5-12,15-16H,13-14H2,1-4H3,(H,23,25)/t16-/m0/s1. The van der Waals surface area contributed by atoms with Crippen molar-refractivity contribution in [2.75, 3.05) is 13.7 Å². The topological polar surface area (TPSA) is 73.9 Å². The number of nitrogens with one attached hydrogen (secondary N) is 1. The van der Waals surface area contributed by atoms with Crippen LogP contribution in [-0.2, 0) is 20.9 Å². The predicted octanol–water partition coefficient (Wildman–Crippen LogP) is 3.45. The molecule has 1 atom stereocenters. The van der Waals surface area contributed by atoms with Gasteiger partial charge in [0.25, 0.3) is 5.91 Å². The quantitative estimate of drug-likeness (QED) is 0.670. The molecular formula is C22H27NO5. The van der Waals surface area contributed by atoms with E-state index >= 15 is 0 Å². The van der Waals surface area contributed by atoms with Gasteiger partial charge in [-0.25, -0.2) is 4.79 Å². The fourth-order valence-corrected chi connectivity index (χ4v) is 2.55. The Morgan fingerprint density at radius 1 is 1.00 bits per heavy atom. The summed E-state index contributed by atoms with van der Waals surface area (Å²) in [5.74, 6) is 0.696. The molecule has 28 heavy (non-hydrogen) atoms. The minimum atomic E-state index is -0.922. The zero-order chi connectivity index (χ0) is 20.5. The average Bonchev–Trinajstić information content (AvgIpc) is 2.70. The summed E-state index contributed by atoms with van der Waals surface area (Å²) in [6.07, 6.45) is -0.922. The number of benzene rings is 2. The van der Waals surface area contributed by atoms with E-state index in [1.54, 1.807) is 7.11 Å². The molecule has 1 N–H and O–H groups in total. The van der Waals surface area contributed by atoms with Gasteiger partial charge in [0, 0.05) is 12.1 Å². The summed E-state index contributed by atoms with van der Waals surface area (Å²) in [7, 11) is 1.57. The van der Waals surface area contributed by atoms with Gasteiger partial charge in [-0.2, -0.15) is 0 Å². The molecule has 2 rings (SSSR count). The normalized spacial score (nSPS) is 11.6. The molecule has 6 heteroatoms. The van der Waals surface area contributed by atoms with Crippen molar-refractivity contribution in [2.45, 2.75) is 39.3 Å². The minimum absolute atomic E-state index is 0.259. The third-order valence-electron chi connectivity index (χ3n) is 4.23. The zero-order valence-corrected chi connectivity index (χ0v) is 16.7. The van der Waals surface area contributed by atoms with E-state index in [4.69, 9.17) is 14.2 Å². The Balaban J connectivity index is 1.77. The Morgan fingerprint density at radius 2 is 1.68 bits per heavy atom. The average molecular weight is 385 g/mol. The van der Waals surface area contributed by atoms with Crippen LogP contribution in [0.3, 0.4) is 0 Å². The van der Waals surface area contributed by atoms with Crippen LogP contribution in [-0.4, -0.2) is 31.7 Å². The number of carbonyl (C=O) groups is 2. The van der Waals surface area contributed by atoms with Gasteiger partial charge in [-0.15, -0.1) is 0 Å². The molecule has 0 aliphatic rings. The van der Waals surface area contributed by atoms with Crippen molar-refractivity contribution in [1.82, 2.24) is 5.32 Å². The van der Waals surface area contributed by atoms with E-state index in [9.17, 15) is 9.59 Å². The van der Waals surface area contributed by atoms with Crippen LogP contribution in [0, 0.1) is 0 Å². The maximum Gasteiger partial charge on any atom is 0.344 e. The molecule has 6 nitrogen and oxygen atoms in total. The summed E-state index contributed by atoms with van der Waals surface area (Å²) in [5.41, 5.74) is 2.03. The molecule has 0 fully saturated rings. The van der Waals surface area contributed by atoms with Gasteiger partial charge in [-0.1, -0.05) is 44.2 Å². The van der Waals surface area contributed by atoms with Gasteiger partial charge in [0.05, 0.1) is 7.11 Å². The number of amides is 1. The highest BCUT2D eigenvalue weighted by Gasteiger charge is 2.18. The summed E-state index contributed by atoms with van der Waals surface area (Å²) < 4.78 is 15.8. The Labute approximate surface area is 165 Å². The number of hydrogen-bond acceptors (Lipinski definition) is 5. The van der Waals surface area contributed by atoms with Crippen LogP contribution in [0.4, 0.5) is 0 Å². The van der Waals surface area contributed by atoms with Crippen LogP contribution in [0.5, 0.6) is 11.5 Å². The number of para-hydroxylation sites is 1. The van der Waals surface area contributed by atoms with Crippen LogP contribution < -0.4 is 14.8 Å². The second kappa shape index (κ2) is 10.3. The molecule has 2 aromatic carbocycles. The first-order chi connectivity index (χ1) is 13.4. The van der Waals surface area contributed by atoms with Crippen molar-refractivity contribution in [3.8, 4) is 11.5 Å². The Kier molecular flexibility index (Phi) is 7.87. The number of carbonyl (C=O) groups excluding carboxylic acids is 2. The number of esters is 1. The SMILES string of the molecule is COc1ccccc1CNC(=O)[C@H](C)OC(=O)COc1ccc(C(C)C)cc1. The molecule has 0 aliphatic heterocycles. The number of ether oxygens (including phenoxy) is 3. The summed E-state index contributed by atoms with van der Waals surface area (Å²) >= 11 is 0. The second-order valence-electron chi connectivity index (χ2n) is 6.67. The van der Waals surface area contributed by atoms with Gasteiger partial charge in [0.1, 0.15) is 11.5 Å². The lowest BCUT2D eigenvalue weighted by Crippen LogP contribution is -2.36. The third kappa shape index (κ3) is 6.30. The highest BCUT2D eigenvalue weighted by molar-refractivity contribution is 5.83. The monoisotopic (exact) mass is 385 g/mol. The van der Waals surface area contributed by atoms with Crippen molar-refractivity contribution >= 4 is 11.9 Å². The molecule has 0 spiro atoms. The van der Waals surface area contributed by atoms with Crippen LogP contribution >= 0.6 is 0 Å². The molecule has 0 aliphatic carbocycles. The lowest BCUT2D eigenvalue weighted by molar-refractivity contribution is -0.156. The molecule has 0 unspecified atom stereocenters. The van der Waals surface area contributed by atoms with E-state index in [-0.39, 0.29) is 19.1 Å². The van der Waals surface area contributed by atoms with E-state index < -0.39 is 12.1 Å². The van der Waals surface area contributed by atoms with Gasteiger partial charge >= 0.3 is 5.97 Å². The van der Waals surface area contributed by atoms with Crippen LogP contribution in [0.25, 0.3) is 0 Å². The van der Waals surface area contributed by atoms with Crippen molar-refractivity contribution < 1.29 is 23.8 Å². The van der Waals surface area contributed by atoms with E-state index in [2.05, 4.69) is 19.2 Å². The molecule has 0 aromatic heterocycles. The van der Waals surface area contributed by atoms with Crippen LogP contribution in [0.15, 0.2) is 48.5 Å². The molecule has 1 amide bonds. The molecule has 0 saturated carbocycles. The van der Waals surface area contributed by atoms with E-state index in [0.717, 1.165) is 5.56 Å². The molecule has 2 aromatic rings. The van der Waals surface area contributed by atoms with Gasteiger partial charge in [-0.3, -0.25) is 4.79 Å². The highest BCUT2D eigenvalue weighted by atomic mass is 16.6. The fraction of sp³-hybridized carbons (Fsp3) is 0.364. The molecule has 0 bridgehead atoms. The first kappa shape index (κ1) is 21.3. The zero-order valence-electron chi connectivity index (χ0n) is 16.7. The summed E-state index contributed by atoms with van der Waals surface area (Å²) in [4.78, 5) is 24.1. The highest BCUT2D eigenvalue weighted by Crippen LogP contribution is 2.19. The largest absolute Gasteiger partial charge is 0.496 e. The van der Waals surface area contributed by atoms with E-state index in [1.807, 2.05) is 48.5 Å². The van der Waals surface area contributed by atoms with Crippen LogP contribution in [0.2, 0.25) is 0 Å². The molecule has 150 valence electrons. The second-order valence-corrected chi connectivity index (χ2v) is 6.67. The fourth-order valence-electron chi connectivity index (χ4n) is 2.55. The van der Waals surface area contributed by atoms with Crippen molar-refractivity contribution in [2.24, 2.45) is 0 Å². The maximum absolute atomic E-state index is 12.2. The van der Waals surface area contributed by atoms with E-state index in [1.165, 1.54) is 12.5 Å². The lowest BCUT2D eigenvalue weighted by Gasteiger charge is -2.15. The summed E-state index contributed by atoms with van der Waals surface area (Å²) in [6, 6.07) is 14.9. The first-order valence-corrected chi connectivity index (χ1v) is 9.22. The minimum Gasteiger partial charge on any atom is -0.496 e. The maximum atomic E-state index is 12.2. The van der Waals surface area contributed by atoms with Crippen LogP contribution in [0.1, 0.15) is 37.8 Å². The smallest absolute Gasteiger partial charge is 0.344 e. The predicted molar refractivity (Wildman–Crippen MR) is 106 cm³/mol. The first-order valence-electron chi connectivity index (χ1n) is 9.22. The Bertz CT molecular complexity index is 786. The summed E-state index contributed by atoms with van der Waals surface area (Å²) in [5, 5.41) is 2.73. The third-order valence-corrected chi connectivity index (χ3v) is 4.23. The lowest BCUT2D eigenvalue weighted by atomic mass is 10.0. The Hall–Kier alpha value is -3.02. The van der Waals surface area contributed by atoms with Crippen molar-refractivity contribution in [3.05, 3.63) is 59.7 Å². The van der Waals surface area contributed by atoms with Crippen molar-refractivity contribution in [3.63, 3.8) is 0 Å². The van der Waals surface area contributed by atoms with E-state index in [0.29, 0.717) is 17.4 Å². The van der Waals surface area contributed by atoms with Gasteiger partial charge in [0.15, 0.2) is 12.7 Å². The van der Waals surface area contributed by atoms with Gasteiger partial charge in [0.2, 0.25) is 0 Å². The van der Waals surface area contributed by atoms with Crippen molar-refractivity contribution in [1.29, 1.82) is 0 Å².